The number of carbonyl (C=O) groups excluding carboxylic acids is 1. The average molecular weight is 423 g/mol. The van der Waals surface area contributed by atoms with Gasteiger partial charge in [0.05, 0.1) is 6.04 Å². The number of benzene rings is 2. The first-order chi connectivity index (χ1) is 11.8. The molecule has 0 saturated heterocycles. The van der Waals surface area contributed by atoms with Gasteiger partial charge >= 0.3 is 29.6 Å². The molecule has 0 aliphatic carbocycles. The van der Waals surface area contributed by atoms with E-state index in [9.17, 15) is 4.79 Å². The Bertz CT molecular complexity index is 653. The summed E-state index contributed by atoms with van der Waals surface area (Å²) in [5, 5.41) is 4.25. The second-order valence-electron chi connectivity index (χ2n) is 5.61. The number of carbonyl (C=O) groups is 1. The van der Waals surface area contributed by atoms with Crippen molar-refractivity contribution >= 4 is 29.1 Å². The molecule has 0 unspecified atom stereocenters. The summed E-state index contributed by atoms with van der Waals surface area (Å²) in [6.07, 6.45) is 0. The van der Waals surface area contributed by atoms with E-state index in [0.29, 0.717) is 5.02 Å². The normalized spacial score (nSPS) is 11.6. The quantitative estimate of drug-likeness (QED) is 0.710. The van der Waals surface area contributed by atoms with Gasteiger partial charge in [-0.2, -0.15) is 0 Å². The van der Waals surface area contributed by atoms with Gasteiger partial charge in [0.2, 0.25) is 5.91 Å². The summed E-state index contributed by atoms with van der Waals surface area (Å²) in [6, 6.07) is 15.0. The van der Waals surface area contributed by atoms with Gasteiger partial charge in [-0.25, -0.2) is 0 Å². The van der Waals surface area contributed by atoms with E-state index in [4.69, 9.17) is 33.7 Å². The van der Waals surface area contributed by atoms with Crippen molar-refractivity contribution in [2.75, 3.05) is 13.7 Å². The van der Waals surface area contributed by atoms with Crippen LogP contribution in [0.15, 0.2) is 48.5 Å². The molecule has 8 heteroatoms. The van der Waals surface area contributed by atoms with E-state index in [0.717, 1.165) is 16.1 Å². The standard InChI is InChI=1S/C11H14ClNO2.C8H10ClN.Na.H2O/c1-8(13-11(14)7-15-2)9-3-5-10(12)6-4-9;1-6(10)7-2-4-8(9)5-3-7;;/h3-6,8H,7H2,1-2H3,(H,13,14);2-6H,10H2,1H3;;1H2/q;;+1;/p-1/t8-;6-;;/m11../s1. The molecule has 0 heterocycles. The third-order valence-electron chi connectivity index (χ3n) is 3.42. The van der Waals surface area contributed by atoms with Crippen LogP contribution in [-0.2, 0) is 9.53 Å². The van der Waals surface area contributed by atoms with E-state index in [1.54, 1.807) is 12.1 Å². The zero-order chi connectivity index (χ0) is 18.8. The minimum atomic E-state index is -0.125. The van der Waals surface area contributed by atoms with Crippen molar-refractivity contribution in [3.8, 4) is 0 Å². The van der Waals surface area contributed by atoms with Crippen molar-refractivity contribution in [1.29, 1.82) is 0 Å². The molecule has 5 nitrogen and oxygen atoms in total. The zero-order valence-electron chi connectivity index (χ0n) is 16.1. The van der Waals surface area contributed by atoms with Crippen molar-refractivity contribution in [2.45, 2.75) is 25.9 Å². The monoisotopic (exact) mass is 422 g/mol. The van der Waals surface area contributed by atoms with Crippen molar-refractivity contribution in [3.05, 3.63) is 69.7 Å². The Morgan fingerprint density at radius 1 is 1.00 bits per heavy atom. The maximum Gasteiger partial charge on any atom is 1.00 e. The average Bonchev–Trinajstić information content (AvgIpc) is 2.56. The van der Waals surface area contributed by atoms with E-state index >= 15 is 0 Å². The fraction of sp³-hybridized carbons (Fsp3) is 0.316. The van der Waals surface area contributed by atoms with Crippen molar-refractivity contribution in [2.24, 2.45) is 5.73 Å². The first kappa shape index (κ1) is 28.6. The van der Waals surface area contributed by atoms with Crippen LogP contribution < -0.4 is 40.6 Å². The van der Waals surface area contributed by atoms with E-state index in [-0.39, 0.29) is 59.6 Å². The zero-order valence-corrected chi connectivity index (χ0v) is 19.6. The maximum absolute atomic E-state index is 11.2. The molecule has 1 amide bonds. The van der Waals surface area contributed by atoms with Gasteiger partial charge in [-0.3, -0.25) is 4.79 Å². The molecule has 144 valence electrons. The third kappa shape index (κ3) is 11.7. The number of hydrogen-bond donors (Lipinski definition) is 2. The van der Waals surface area contributed by atoms with E-state index < -0.39 is 0 Å². The molecule has 0 aliphatic heterocycles. The Morgan fingerprint density at radius 3 is 1.78 bits per heavy atom. The van der Waals surface area contributed by atoms with E-state index in [2.05, 4.69) is 5.32 Å². The summed E-state index contributed by atoms with van der Waals surface area (Å²) < 4.78 is 4.73. The minimum Gasteiger partial charge on any atom is -0.870 e. The molecule has 0 spiro atoms. The molecule has 2 aromatic carbocycles. The number of methoxy groups -OCH3 is 1. The van der Waals surface area contributed by atoms with Crippen LogP contribution >= 0.6 is 23.2 Å². The number of amides is 1. The number of nitrogens with one attached hydrogen (secondary N) is 1. The molecule has 27 heavy (non-hydrogen) atoms. The predicted octanol–water partition coefficient (Wildman–Crippen LogP) is 1.35. The first-order valence-corrected chi connectivity index (χ1v) is 8.64. The molecule has 0 aromatic heterocycles. The summed E-state index contributed by atoms with van der Waals surface area (Å²) in [7, 11) is 1.49. The summed E-state index contributed by atoms with van der Waals surface area (Å²) in [5.41, 5.74) is 7.75. The minimum absolute atomic E-state index is 0. The number of hydrogen-bond acceptors (Lipinski definition) is 4. The molecule has 2 rings (SSSR count). The Morgan fingerprint density at radius 2 is 1.41 bits per heavy atom. The maximum atomic E-state index is 11.2. The van der Waals surface area contributed by atoms with Crippen LogP contribution in [0.25, 0.3) is 0 Å². The van der Waals surface area contributed by atoms with Gasteiger partial charge in [0.1, 0.15) is 6.61 Å². The van der Waals surface area contributed by atoms with E-state index in [1.807, 2.05) is 50.2 Å². The molecular weight excluding hydrogens is 398 g/mol. The van der Waals surface area contributed by atoms with Gasteiger partial charge in [0.15, 0.2) is 0 Å². The Hall–Kier alpha value is -0.630. The summed E-state index contributed by atoms with van der Waals surface area (Å²) >= 11 is 11.4. The molecule has 0 radical (unpaired) electrons. The molecule has 2 atom stereocenters. The second-order valence-corrected chi connectivity index (χ2v) is 6.49. The predicted molar refractivity (Wildman–Crippen MR) is 106 cm³/mol. The summed E-state index contributed by atoms with van der Waals surface area (Å²) in [5.74, 6) is -0.125. The van der Waals surface area contributed by atoms with Gasteiger partial charge in [-0.15, -0.1) is 0 Å². The van der Waals surface area contributed by atoms with Crippen molar-refractivity contribution in [1.82, 2.24) is 5.32 Å². The van der Waals surface area contributed by atoms with Gasteiger partial charge in [0.25, 0.3) is 0 Å². The first-order valence-electron chi connectivity index (χ1n) is 7.88. The topological polar surface area (TPSA) is 94.3 Å². The number of halogens is 2. The largest absolute Gasteiger partial charge is 1.00 e. The molecule has 4 N–H and O–H groups in total. The fourth-order valence-electron chi connectivity index (χ4n) is 2.02. The van der Waals surface area contributed by atoms with Gasteiger partial charge < -0.3 is 21.3 Å². The van der Waals surface area contributed by atoms with Gasteiger partial charge in [-0.05, 0) is 49.2 Å². The molecule has 0 bridgehead atoms. The van der Waals surface area contributed by atoms with Crippen LogP contribution in [0.3, 0.4) is 0 Å². The molecule has 0 saturated carbocycles. The molecule has 0 fully saturated rings. The fourth-order valence-corrected chi connectivity index (χ4v) is 2.27. The smallest absolute Gasteiger partial charge is 0.870 e. The van der Waals surface area contributed by atoms with Crippen LogP contribution in [0.4, 0.5) is 0 Å². The Kier molecular flexibility index (Phi) is 16.2. The third-order valence-corrected chi connectivity index (χ3v) is 3.92. The summed E-state index contributed by atoms with van der Waals surface area (Å²) in [6.45, 7) is 3.94. The summed E-state index contributed by atoms with van der Waals surface area (Å²) in [4.78, 5) is 11.2. The molecule has 0 aliphatic rings. The van der Waals surface area contributed by atoms with Crippen LogP contribution in [0.5, 0.6) is 0 Å². The number of nitrogens with two attached hydrogens (primary N) is 1. The number of ether oxygens (including phenoxy) is 1. The Balaban J connectivity index is 0. The van der Waals surface area contributed by atoms with Crippen LogP contribution in [-0.4, -0.2) is 25.1 Å². The van der Waals surface area contributed by atoms with Crippen LogP contribution in [0.1, 0.15) is 37.1 Å². The van der Waals surface area contributed by atoms with Gasteiger partial charge in [-0.1, -0.05) is 47.5 Å². The van der Waals surface area contributed by atoms with Crippen molar-refractivity contribution < 1.29 is 44.6 Å². The van der Waals surface area contributed by atoms with Gasteiger partial charge in [0, 0.05) is 23.2 Å². The van der Waals surface area contributed by atoms with Crippen LogP contribution in [0, 0.1) is 0 Å². The van der Waals surface area contributed by atoms with E-state index in [1.165, 1.54) is 7.11 Å². The van der Waals surface area contributed by atoms with Crippen molar-refractivity contribution in [3.63, 3.8) is 0 Å². The number of rotatable bonds is 5. The second kappa shape index (κ2) is 15.3. The van der Waals surface area contributed by atoms with Crippen LogP contribution in [0.2, 0.25) is 10.0 Å². The Labute approximate surface area is 193 Å². The SMILES string of the molecule is COCC(=O)N[C@H](C)c1ccc(Cl)cc1.C[C@@H](N)c1ccc(Cl)cc1.[Na+].[OH-]. The molecule has 2 aromatic rings. The molecular formula is C19H25Cl2N2NaO3.